The van der Waals surface area contributed by atoms with Crippen molar-refractivity contribution in [1.29, 1.82) is 0 Å². The van der Waals surface area contributed by atoms with Crippen LogP contribution >= 0.6 is 0 Å². The Morgan fingerprint density at radius 1 is 0.875 bits per heavy atom. The van der Waals surface area contributed by atoms with Gasteiger partial charge in [-0.05, 0) is 48.9 Å². The zero-order valence-electron chi connectivity index (χ0n) is 17.6. The molecule has 1 N–H and O–H groups in total. The maximum atomic E-state index is 13.1. The monoisotopic (exact) mass is 427 g/mol. The Kier molecular flexibility index (Phi) is 5.60. The van der Waals surface area contributed by atoms with Gasteiger partial charge in [-0.1, -0.05) is 42.5 Å². The highest BCUT2D eigenvalue weighted by atomic mass is 16.5. The first kappa shape index (κ1) is 21.1. The maximum absolute atomic E-state index is 13.1. The first-order valence-electron chi connectivity index (χ1n) is 10.0. The minimum absolute atomic E-state index is 0.00186. The topological polar surface area (TPSA) is 83.9 Å². The largest absolute Gasteiger partial charge is 0.507 e. The van der Waals surface area contributed by atoms with Crippen molar-refractivity contribution in [2.45, 2.75) is 13.0 Å². The molecule has 0 saturated carbocycles. The number of amides is 1. The zero-order valence-corrected chi connectivity index (χ0v) is 17.6. The standard InChI is InChI=1S/C26H21NO5/c1-16(28)17-8-12-20(13-9-17)27-23(18-10-14-21(32-2)15-11-18)22(25(30)26(27)31)24(29)19-6-4-3-5-7-19/h3-15,23,29H,1-2H3/b24-22-. The number of hydrogen-bond donors (Lipinski definition) is 1. The SMILES string of the molecule is COc1ccc(C2/C(=C(/O)c3ccccc3)C(=O)C(=O)N2c2ccc(C(C)=O)cc2)cc1. The second-order valence-corrected chi connectivity index (χ2v) is 7.41. The summed E-state index contributed by atoms with van der Waals surface area (Å²) in [4.78, 5) is 39.2. The molecule has 1 atom stereocenters. The molecule has 6 heteroatoms. The molecule has 160 valence electrons. The van der Waals surface area contributed by atoms with E-state index < -0.39 is 17.7 Å². The summed E-state index contributed by atoms with van der Waals surface area (Å²) in [6.07, 6.45) is 0. The average Bonchev–Trinajstić information content (AvgIpc) is 3.09. The van der Waals surface area contributed by atoms with Crippen LogP contribution in [0.25, 0.3) is 5.76 Å². The molecule has 0 spiro atoms. The predicted molar refractivity (Wildman–Crippen MR) is 121 cm³/mol. The lowest BCUT2D eigenvalue weighted by atomic mass is 9.95. The molecule has 3 aromatic carbocycles. The van der Waals surface area contributed by atoms with E-state index in [0.717, 1.165) is 0 Å². The first-order chi connectivity index (χ1) is 15.4. The summed E-state index contributed by atoms with van der Waals surface area (Å²) < 4.78 is 5.22. The van der Waals surface area contributed by atoms with Gasteiger partial charge < -0.3 is 9.84 Å². The summed E-state index contributed by atoms with van der Waals surface area (Å²) in [6, 6.07) is 21.2. The van der Waals surface area contributed by atoms with Gasteiger partial charge in [0.2, 0.25) is 0 Å². The number of anilines is 1. The highest BCUT2D eigenvalue weighted by molar-refractivity contribution is 6.51. The number of aliphatic hydroxyl groups is 1. The van der Waals surface area contributed by atoms with E-state index in [9.17, 15) is 19.5 Å². The number of carbonyl (C=O) groups excluding carboxylic acids is 3. The number of methoxy groups -OCH3 is 1. The predicted octanol–water partition coefficient (Wildman–Crippen LogP) is 4.52. The van der Waals surface area contributed by atoms with Crippen LogP contribution in [0.2, 0.25) is 0 Å². The summed E-state index contributed by atoms with van der Waals surface area (Å²) in [7, 11) is 1.55. The highest BCUT2D eigenvalue weighted by Crippen LogP contribution is 2.42. The van der Waals surface area contributed by atoms with E-state index in [1.54, 1.807) is 86.0 Å². The molecule has 1 aliphatic rings. The van der Waals surface area contributed by atoms with Gasteiger partial charge in [0.25, 0.3) is 11.7 Å². The van der Waals surface area contributed by atoms with Crippen LogP contribution in [0.1, 0.15) is 34.5 Å². The van der Waals surface area contributed by atoms with Crippen LogP contribution < -0.4 is 9.64 Å². The molecule has 3 aromatic rings. The van der Waals surface area contributed by atoms with E-state index in [1.807, 2.05) is 0 Å². The molecule has 1 fully saturated rings. The summed E-state index contributed by atoms with van der Waals surface area (Å²) in [6.45, 7) is 1.46. The number of nitrogens with zero attached hydrogens (tertiary/aromatic N) is 1. The maximum Gasteiger partial charge on any atom is 0.300 e. The van der Waals surface area contributed by atoms with Gasteiger partial charge in [-0.15, -0.1) is 0 Å². The third-order valence-corrected chi connectivity index (χ3v) is 5.48. The van der Waals surface area contributed by atoms with E-state index in [0.29, 0.717) is 28.1 Å². The van der Waals surface area contributed by atoms with Gasteiger partial charge in [0.1, 0.15) is 11.5 Å². The molecule has 0 aliphatic carbocycles. The van der Waals surface area contributed by atoms with Crippen LogP contribution in [0.3, 0.4) is 0 Å². The van der Waals surface area contributed by atoms with Crippen LogP contribution in [0.15, 0.2) is 84.4 Å². The van der Waals surface area contributed by atoms with Crippen LogP contribution in [0.4, 0.5) is 5.69 Å². The number of ether oxygens (including phenoxy) is 1. The van der Waals surface area contributed by atoms with Crippen LogP contribution in [-0.4, -0.2) is 29.7 Å². The van der Waals surface area contributed by atoms with Gasteiger partial charge in [-0.3, -0.25) is 19.3 Å². The van der Waals surface area contributed by atoms with Crippen molar-refractivity contribution in [3.05, 3.63) is 101 Å². The molecule has 1 heterocycles. The highest BCUT2D eigenvalue weighted by Gasteiger charge is 2.46. The van der Waals surface area contributed by atoms with E-state index in [4.69, 9.17) is 4.74 Å². The molecule has 1 unspecified atom stereocenters. The molecule has 0 radical (unpaired) electrons. The zero-order chi connectivity index (χ0) is 22.8. The minimum Gasteiger partial charge on any atom is -0.507 e. The summed E-state index contributed by atoms with van der Waals surface area (Å²) in [5.74, 6) is -1.25. The summed E-state index contributed by atoms with van der Waals surface area (Å²) in [5, 5.41) is 11.0. The van der Waals surface area contributed by atoms with E-state index in [1.165, 1.54) is 11.8 Å². The van der Waals surface area contributed by atoms with Crippen molar-refractivity contribution in [2.24, 2.45) is 0 Å². The Labute approximate surface area is 185 Å². The van der Waals surface area contributed by atoms with E-state index in [-0.39, 0.29) is 17.1 Å². The van der Waals surface area contributed by atoms with Crippen molar-refractivity contribution >= 4 is 28.9 Å². The Balaban J connectivity index is 1.90. The van der Waals surface area contributed by atoms with E-state index >= 15 is 0 Å². The molecule has 1 amide bonds. The van der Waals surface area contributed by atoms with Crippen molar-refractivity contribution in [3.63, 3.8) is 0 Å². The van der Waals surface area contributed by atoms with Crippen LogP contribution in [-0.2, 0) is 9.59 Å². The number of hydrogen-bond acceptors (Lipinski definition) is 5. The van der Waals surface area contributed by atoms with Gasteiger partial charge >= 0.3 is 0 Å². The van der Waals surface area contributed by atoms with Crippen molar-refractivity contribution in [3.8, 4) is 5.75 Å². The number of benzene rings is 3. The smallest absolute Gasteiger partial charge is 0.300 e. The molecule has 0 aromatic heterocycles. The molecular weight excluding hydrogens is 406 g/mol. The fourth-order valence-corrected chi connectivity index (χ4v) is 3.81. The molecule has 32 heavy (non-hydrogen) atoms. The lowest BCUT2D eigenvalue weighted by molar-refractivity contribution is -0.132. The second kappa shape index (κ2) is 8.51. The second-order valence-electron chi connectivity index (χ2n) is 7.41. The van der Waals surface area contributed by atoms with Gasteiger partial charge in [0, 0.05) is 16.8 Å². The molecule has 1 saturated heterocycles. The average molecular weight is 427 g/mol. The Bertz CT molecular complexity index is 1210. The van der Waals surface area contributed by atoms with E-state index in [2.05, 4.69) is 0 Å². The number of ketones is 2. The Hall–Kier alpha value is -4.19. The summed E-state index contributed by atoms with van der Waals surface area (Å²) in [5.41, 5.74) is 2.02. The Morgan fingerprint density at radius 2 is 1.50 bits per heavy atom. The normalized spacial score (nSPS) is 17.4. The molecule has 1 aliphatic heterocycles. The Morgan fingerprint density at radius 3 is 2.06 bits per heavy atom. The van der Waals surface area contributed by atoms with Crippen LogP contribution in [0.5, 0.6) is 5.75 Å². The lowest BCUT2D eigenvalue weighted by Crippen LogP contribution is -2.29. The van der Waals surface area contributed by atoms with Crippen molar-refractivity contribution in [1.82, 2.24) is 0 Å². The summed E-state index contributed by atoms with van der Waals surface area (Å²) >= 11 is 0. The number of Topliss-reactive ketones (excluding diaryl/α,β-unsaturated/α-hetero) is 2. The number of rotatable bonds is 5. The van der Waals surface area contributed by atoms with Crippen LogP contribution in [0, 0.1) is 0 Å². The van der Waals surface area contributed by atoms with Gasteiger partial charge in [0.05, 0.1) is 18.7 Å². The van der Waals surface area contributed by atoms with Gasteiger partial charge in [0.15, 0.2) is 5.78 Å². The third kappa shape index (κ3) is 3.67. The van der Waals surface area contributed by atoms with Crippen molar-refractivity contribution < 1.29 is 24.2 Å². The molecule has 0 bridgehead atoms. The van der Waals surface area contributed by atoms with Crippen molar-refractivity contribution in [2.75, 3.05) is 12.0 Å². The van der Waals surface area contributed by atoms with Gasteiger partial charge in [-0.2, -0.15) is 0 Å². The minimum atomic E-state index is -0.843. The number of aliphatic hydroxyl groups excluding tert-OH is 1. The fraction of sp³-hybridized carbons (Fsp3) is 0.115. The number of carbonyl (C=O) groups is 3. The third-order valence-electron chi connectivity index (χ3n) is 5.48. The molecular formula is C26H21NO5. The van der Waals surface area contributed by atoms with Gasteiger partial charge in [-0.25, -0.2) is 0 Å². The molecule has 6 nitrogen and oxygen atoms in total. The first-order valence-corrected chi connectivity index (χ1v) is 10.0. The quantitative estimate of drug-likeness (QED) is 0.280. The fourth-order valence-electron chi connectivity index (χ4n) is 3.81. The lowest BCUT2D eigenvalue weighted by Gasteiger charge is -2.25. The molecule has 4 rings (SSSR count).